The molecule has 0 radical (unpaired) electrons. The number of hydrogen-bond acceptors (Lipinski definition) is 2. The first-order chi connectivity index (χ1) is 7.70. The number of nitrogens with one attached hydrogen (secondary N) is 2. The van der Waals surface area contributed by atoms with Crippen molar-refractivity contribution < 1.29 is 9.90 Å². The van der Waals surface area contributed by atoms with Gasteiger partial charge in [-0.25, -0.2) is 0 Å². The number of para-hydroxylation sites is 1. The number of carboxylic acids is 1. The predicted molar refractivity (Wildman–Crippen MR) is 62.5 cm³/mol. The molecule has 4 heteroatoms. The Morgan fingerprint density at radius 3 is 2.88 bits per heavy atom. The second-order valence-electron chi connectivity index (χ2n) is 3.77. The zero-order valence-corrected chi connectivity index (χ0v) is 9.03. The van der Waals surface area contributed by atoms with Gasteiger partial charge in [0.15, 0.2) is 0 Å². The average Bonchev–Trinajstić information content (AvgIpc) is 2.67. The van der Waals surface area contributed by atoms with Crippen molar-refractivity contribution in [2.24, 2.45) is 0 Å². The van der Waals surface area contributed by atoms with Crippen LogP contribution in [-0.2, 0) is 11.2 Å². The number of carboxylic acid groups (broad SMARTS) is 1. The Bertz CT molecular complexity index is 471. The lowest BCUT2D eigenvalue weighted by Crippen LogP contribution is -2.35. The first-order valence-electron chi connectivity index (χ1n) is 5.17. The molecule has 0 aliphatic rings. The van der Waals surface area contributed by atoms with Gasteiger partial charge in [-0.15, -0.1) is 0 Å². The molecule has 1 atom stereocenters. The molecule has 0 aliphatic carbocycles. The van der Waals surface area contributed by atoms with Gasteiger partial charge in [0.2, 0.25) is 0 Å². The molecule has 0 amide bonds. The van der Waals surface area contributed by atoms with E-state index < -0.39 is 12.0 Å². The van der Waals surface area contributed by atoms with Crippen molar-refractivity contribution in [1.82, 2.24) is 10.3 Å². The van der Waals surface area contributed by atoms with Crippen molar-refractivity contribution in [1.29, 1.82) is 0 Å². The van der Waals surface area contributed by atoms with Crippen LogP contribution in [0, 0.1) is 0 Å². The van der Waals surface area contributed by atoms with E-state index in [1.54, 1.807) is 7.05 Å². The SMILES string of the molecule is CNC(Cc1cc2ccccc2[nH]1)C(=O)O. The van der Waals surface area contributed by atoms with Crippen LogP contribution in [0.25, 0.3) is 10.9 Å². The lowest BCUT2D eigenvalue weighted by Gasteiger charge is -2.08. The summed E-state index contributed by atoms with van der Waals surface area (Å²) in [5.74, 6) is -0.832. The Balaban J connectivity index is 2.24. The molecule has 0 fully saturated rings. The fraction of sp³-hybridized carbons (Fsp3) is 0.250. The second kappa shape index (κ2) is 4.37. The average molecular weight is 218 g/mol. The Hall–Kier alpha value is -1.81. The number of likely N-dealkylation sites (N-methyl/N-ethyl adjacent to an activating group) is 1. The number of benzene rings is 1. The van der Waals surface area contributed by atoms with E-state index in [1.807, 2.05) is 30.3 Å². The zero-order chi connectivity index (χ0) is 11.5. The van der Waals surface area contributed by atoms with E-state index in [-0.39, 0.29) is 0 Å². The number of fused-ring (bicyclic) bond motifs is 1. The Labute approximate surface area is 93.3 Å². The highest BCUT2D eigenvalue weighted by Gasteiger charge is 2.16. The minimum Gasteiger partial charge on any atom is -0.480 e. The monoisotopic (exact) mass is 218 g/mol. The third kappa shape index (κ3) is 2.06. The van der Waals surface area contributed by atoms with Crippen LogP contribution >= 0.6 is 0 Å². The number of aliphatic carboxylic acids is 1. The van der Waals surface area contributed by atoms with Gasteiger partial charge in [0, 0.05) is 17.6 Å². The van der Waals surface area contributed by atoms with Crippen LogP contribution in [-0.4, -0.2) is 29.1 Å². The Kier molecular flexibility index (Phi) is 2.92. The molecular formula is C12H14N2O2. The van der Waals surface area contributed by atoms with Crippen LogP contribution in [0.3, 0.4) is 0 Å². The molecule has 2 rings (SSSR count). The Morgan fingerprint density at radius 1 is 1.50 bits per heavy atom. The molecule has 16 heavy (non-hydrogen) atoms. The molecule has 4 nitrogen and oxygen atoms in total. The molecule has 2 aromatic rings. The van der Waals surface area contributed by atoms with Gasteiger partial charge in [0.05, 0.1) is 0 Å². The summed E-state index contributed by atoms with van der Waals surface area (Å²) < 4.78 is 0. The summed E-state index contributed by atoms with van der Waals surface area (Å²) in [6.07, 6.45) is 0.459. The summed E-state index contributed by atoms with van der Waals surface area (Å²) >= 11 is 0. The number of hydrogen-bond donors (Lipinski definition) is 3. The summed E-state index contributed by atoms with van der Waals surface area (Å²) in [5, 5.41) is 12.8. The summed E-state index contributed by atoms with van der Waals surface area (Å²) in [7, 11) is 1.65. The van der Waals surface area contributed by atoms with Gasteiger partial charge in [-0.1, -0.05) is 18.2 Å². The maximum atomic E-state index is 10.9. The van der Waals surface area contributed by atoms with Crippen molar-refractivity contribution in [2.75, 3.05) is 7.05 Å². The molecule has 1 heterocycles. The molecule has 0 spiro atoms. The first-order valence-corrected chi connectivity index (χ1v) is 5.17. The lowest BCUT2D eigenvalue weighted by atomic mass is 10.1. The molecule has 84 valence electrons. The van der Waals surface area contributed by atoms with Crippen molar-refractivity contribution in [3.8, 4) is 0 Å². The van der Waals surface area contributed by atoms with E-state index in [9.17, 15) is 4.79 Å². The van der Waals surface area contributed by atoms with Crippen LogP contribution < -0.4 is 5.32 Å². The van der Waals surface area contributed by atoms with Crippen LogP contribution in [0.4, 0.5) is 0 Å². The summed E-state index contributed by atoms with van der Waals surface area (Å²) in [5.41, 5.74) is 1.97. The summed E-state index contributed by atoms with van der Waals surface area (Å²) in [4.78, 5) is 14.1. The van der Waals surface area contributed by atoms with Crippen LogP contribution in [0.5, 0.6) is 0 Å². The first kappa shape index (κ1) is 10.7. The van der Waals surface area contributed by atoms with E-state index >= 15 is 0 Å². The standard InChI is InChI=1S/C12H14N2O2/c1-13-11(12(15)16)7-9-6-8-4-2-3-5-10(8)14-9/h2-6,11,13-14H,7H2,1H3,(H,15,16). The number of H-pyrrole nitrogens is 1. The molecule has 1 aromatic carbocycles. The second-order valence-corrected chi connectivity index (χ2v) is 3.77. The van der Waals surface area contributed by atoms with Crippen molar-refractivity contribution in [3.05, 3.63) is 36.0 Å². The smallest absolute Gasteiger partial charge is 0.321 e. The van der Waals surface area contributed by atoms with Crippen molar-refractivity contribution >= 4 is 16.9 Å². The van der Waals surface area contributed by atoms with Crippen molar-refractivity contribution in [3.63, 3.8) is 0 Å². The molecule has 1 unspecified atom stereocenters. The van der Waals surface area contributed by atoms with Gasteiger partial charge >= 0.3 is 5.97 Å². The lowest BCUT2D eigenvalue weighted by molar-refractivity contribution is -0.139. The van der Waals surface area contributed by atoms with Gasteiger partial charge in [0.1, 0.15) is 6.04 Å². The normalized spacial score (nSPS) is 12.8. The van der Waals surface area contributed by atoms with E-state index in [0.29, 0.717) is 6.42 Å². The number of rotatable bonds is 4. The number of carbonyl (C=O) groups is 1. The number of aromatic amines is 1. The molecule has 1 aromatic heterocycles. The maximum Gasteiger partial charge on any atom is 0.321 e. The van der Waals surface area contributed by atoms with Crippen LogP contribution in [0.15, 0.2) is 30.3 Å². The highest BCUT2D eigenvalue weighted by atomic mass is 16.4. The van der Waals surface area contributed by atoms with Gasteiger partial charge < -0.3 is 15.4 Å². The topological polar surface area (TPSA) is 65.1 Å². The molecule has 3 N–H and O–H groups in total. The molecule has 0 bridgehead atoms. The largest absolute Gasteiger partial charge is 0.480 e. The van der Waals surface area contributed by atoms with Gasteiger partial charge in [-0.3, -0.25) is 4.79 Å². The van der Waals surface area contributed by atoms with Crippen LogP contribution in [0.2, 0.25) is 0 Å². The quantitative estimate of drug-likeness (QED) is 0.726. The van der Waals surface area contributed by atoms with Gasteiger partial charge in [-0.2, -0.15) is 0 Å². The molecular weight excluding hydrogens is 204 g/mol. The van der Waals surface area contributed by atoms with E-state index in [1.165, 1.54) is 0 Å². The summed E-state index contributed by atoms with van der Waals surface area (Å²) in [6.45, 7) is 0. The fourth-order valence-electron chi connectivity index (χ4n) is 1.78. The Morgan fingerprint density at radius 2 is 2.25 bits per heavy atom. The van der Waals surface area contributed by atoms with E-state index in [2.05, 4.69) is 10.3 Å². The summed E-state index contributed by atoms with van der Waals surface area (Å²) in [6, 6.07) is 9.34. The number of aromatic nitrogens is 1. The minimum absolute atomic E-state index is 0.459. The fourth-order valence-corrected chi connectivity index (χ4v) is 1.78. The van der Waals surface area contributed by atoms with Crippen molar-refractivity contribution in [2.45, 2.75) is 12.5 Å². The van der Waals surface area contributed by atoms with E-state index in [4.69, 9.17) is 5.11 Å². The predicted octanol–water partition coefficient (Wildman–Crippen LogP) is 1.38. The minimum atomic E-state index is -0.832. The highest BCUT2D eigenvalue weighted by molar-refractivity contribution is 5.80. The zero-order valence-electron chi connectivity index (χ0n) is 9.03. The molecule has 0 saturated heterocycles. The third-order valence-electron chi connectivity index (χ3n) is 2.66. The van der Waals surface area contributed by atoms with E-state index in [0.717, 1.165) is 16.6 Å². The molecule has 0 saturated carbocycles. The van der Waals surface area contributed by atoms with Gasteiger partial charge in [0.25, 0.3) is 0 Å². The third-order valence-corrected chi connectivity index (χ3v) is 2.66. The van der Waals surface area contributed by atoms with Crippen LogP contribution in [0.1, 0.15) is 5.69 Å². The molecule has 0 aliphatic heterocycles. The maximum absolute atomic E-state index is 10.9. The highest BCUT2D eigenvalue weighted by Crippen LogP contribution is 2.15. The van der Waals surface area contributed by atoms with Gasteiger partial charge in [-0.05, 0) is 24.6 Å².